The van der Waals surface area contributed by atoms with Gasteiger partial charge in [0.25, 0.3) is 0 Å². The molecule has 96 valence electrons. The number of benzene rings is 2. The van der Waals surface area contributed by atoms with E-state index in [9.17, 15) is 4.79 Å². The highest BCUT2D eigenvalue weighted by atomic mass is 35.5. The molecule has 0 saturated carbocycles. The SMILES string of the molecule is O=C(CCCCl)c1cccc2sc3ccccc3c12. The monoisotopic (exact) mass is 288 g/mol. The lowest BCUT2D eigenvalue weighted by atomic mass is 10.0. The average molecular weight is 289 g/mol. The van der Waals surface area contributed by atoms with Crippen LogP contribution < -0.4 is 0 Å². The minimum Gasteiger partial charge on any atom is -0.294 e. The number of carbonyl (C=O) groups is 1. The zero-order valence-corrected chi connectivity index (χ0v) is 11.9. The van der Waals surface area contributed by atoms with Crippen molar-refractivity contribution in [2.24, 2.45) is 0 Å². The van der Waals surface area contributed by atoms with E-state index in [4.69, 9.17) is 11.6 Å². The van der Waals surface area contributed by atoms with Crippen molar-refractivity contribution >= 4 is 48.9 Å². The Morgan fingerprint density at radius 3 is 2.68 bits per heavy atom. The minimum atomic E-state index is 0.190. The van der Waals surface area contributed by atoms with Crippen LogP contribution in [0.25, 0.3) is 20.2 Å². The average Bonchev–Trinajstić information content (AvgIpc) is 2.83. The van der Waals surface area contributed by atoms with Crippen molar-refractivity contribution in [2.45, 2.75) is 12.8 Å². The van der Waals surface area contributed by atoms with Crippen molar-refractivity contribution in [3.8, 4) is 0 Å². The maximum atomic E-state index is 12.3. The van der Waals surface area contributed by atoms with E-state index >= 15 is 0 Å². The first-order valence-electron chi connectivity index (χ1n) is 6.30. The molecule has 0 radical (unpaired) electrons. The van der Waals surface area contributed by atoms with Gasteiger partial charge in [0.15, 0.2) is 5.78 Å². The summed E-state index contributed by atoms with van der Waals surface area (Å²) < 4.78 is 2.41. The second-order valence-electron chi connectivity index (χ2n) is 4.49. The molecule has 0 bridgehead atoms. The summed E-state index contributed by atoms with van der Waals surface area (Å²) in [5, 5.41) is 2.28. The molecular weight excluding hydrogens is 276 g/mol. The van der Waals surface area contributed by atoms with Gasteiger partial charge in [-0.05, 0) is 18.6 Å². The number of carbonyl (C=O) groups excluding carboxylic acids is 1. The first kappa shape index (κ1) is 12.6. The van der Waals surface area contributed by atoms with Crippen molar-refractivity contribution in [1.82, 2.24) is 0 Å². The Hall–Kier alpha value is -1.38. The van der Waals surface area contributed by atoms with E-state index in [0.29, 0.717) is 12.3 Å². The van der Waals surface area contributed by atoms with Crippen LogP contribution in [0.4, 0.5) is 0 Å². The van der Waals surface area contributed by atoms with E-state index in [1.54, 1.807) is 11.3 Å². The Morgan fingerprint density at radius 1 is 1.05 bits per heavy atom. The lowest BCUT2D eigenvalue weighted by Gasteiger charge is -2.02. The topological polar surface area (TPSA) is 17.1 Å². The van der Waals surface area contributed by atoms with E-state index in [-0.39, 0.29) is 5.78 Å². The molecule has 1 aromatic heterocycles. The molecule has 3 aromatic rings. The van der Waals surface area contributed by atoms with Crippen molar-refractivity contribution in [3.05, 3.63) is 48.0 Å². The van der Waals surface area contributed by atoms with E-state index in [2.05, 4.69) is 18.2 Å². The molecule has 0 N–H and O–H groups in total. The number of fused-ring (bicyclic) bond motifs is 3. The standard InChI is InChI=1S/C16H13ClOS/c17-10-4-7-13(18)11-6-3-9-15-16(11)12-5-1-2-8-14(12)19-15/h1-3,5-6,8-9H,4,7,10H2. The van der Waals surface area contributed by atoms with Gasteiger partial charge in [-0.15, -0.1) is 22.9 Å². The molecule has 0 saturated heterocycles. The van der Waals surface area contributed by atoms with Gasteiger partial charge in [0.2, 0.25) is 0 Å². The predicted molar refractivity (Wildman–Crippen MR) is 83.6 cm³/mol. The number of halogens is 1. The van der Waals surface area contributed by atoms with Crippen molar-refractivity contribution in [3.63, 3.8) is 0 Å². The van der Waals surface area contributed by atoms with Crippen LogP contribution in [0.2, 0.25) is 0 Å². The van der Waals surface area contributed by atoms with Crippen LogP contribution in [0.1, 0.15) is 23.2 Å². The lowest BCUT2D eigenvalue weighted by molar-refractivity contribution is 0.0983. The van der Waals surface area contributed by atoms with Gasteiger partial charge in [0.05, 0.1) is 0 Å². The molecular formula is C16H13ClOS. The van der Waals surface area contributed by atoms with Crippen LogP contribution in [0.3, 0.4) is 0 Å². The smallest absolute Gasteiger partial charge is 0.163 e. The maximum Gasteiger partial charge on any atom is 0.163 e. The van der Waals surface area contributed by atoms with E-state index in [0.717, 1.165) is 17.4 Å². The first-order valence-corrected chi connectivity index (χ1v) is 7.66. The van der Waals surface area contributed by atoms with Crippen LogP contribution in [0.15, 0.2) is 42.5 Å². The van der Waals surface area contributed by atoms with Gasteiger partial charge in [0, 0.05) is 38.0 Å². The fourth-order valence-electron chi connectivity index (χ4n) is 2.37. The molecule has 19 heavy (non-hydrogen) atoms. The van der Waals surface area contributed by atoms with Crippen LogP contribution in [0.5, 0.6) is 0 Å². The van der Waals surface area contributed by atoms with Crippen molar-refractivity contribution in [2.75, 3.05) is 5.88 Å². The minimum absolute atomic E-state index is 0.190. The number of rotatable bonds is 4. The Bertz CT molecular complexity index is 745. The Balaban J connectivity index is 2.21. The zero-order valence-electron chi connectivity index (χ0n) is 10.4. The molecule has 0 aliphatic heterocycles. The molecule has 2 aromatic carbocycles. The van der Waals surface area contributed by atoms with Gasteiger partial charge in [-0.1, -0.05) is 30.3 Å². The van der Waals surface area contributed by atoms with Gasteiger partial charge in [0.1, 0.15) is 0 Å². The summed E-state index contributed by atoms with van der Waals surface area (Å²) in [5.74, 6) is 0.723. The van der Waals surface area contributed by atoms with Crippen molar-refractivity contribution < 1.29 is 4.79 Å². The summed E-state index contributed by atoms with van der Waals surface area (Å²) in [7, 11) is 0. The van der Waals surface area contributed by atoms with Gasteiger partial charge >= 0.3 is 0 Å². The maximum absolute atomic E-state index is 12.3. The molecule has 0 spiro atoms. The van der Waals surface area contributed by atoms with Gasteiger partial charge in [-0.3, -0.25) is 4.79 Å². The fourth-order valence-corrected chi connectivity index (χ4v) is 3.63. The summed E-state index contributed by atoms with van der Waals surface area (Å²) in [5.41, 5.74) is 0.833. The fraction of sp³-hybridized carbons (Fsp3) is 0.188. The Labute approximate surface area is 120 Å². The second kappa shape index (κ2) is 5.32. The van der Waals surface area contributed by atoms with Gasteiger partial charge < -0.3 is 0 Å². The van der Waals surface area contributed by atoms with Crippen LogP contribution in [0, 0.1) is 0 Å². The highest BCUT2D eigenvalue weighted by Gasteiger charge is 2.13. The number of hydrogen-bond donors (Lipinski definition) is 0. The van der Waals surface area contributed by atoms with Crippen LogP contribution >= 0.6 is 22.9 Å². The lowest BCUT2D eigenvalue weighted by Crippen LogP contribution is -1.99. The Morgan fingerprint density at radius 2 is 1.84 bits per heavy atom. The Kier molecular flexibility index (Phi) is 3.54. The molecule has 1 nitrogen and oxygen atoms in total. The molecule has 0 aliphatic rings. The summed E-state index contributed by atoms with van der Waals surface area (Å²) >= 11 is 7.41. The number of alkyl halides is 1. The van der Waals surface area contributed by atoms with Crippen LogP contribution in [-0.2, 0) is 0 Å². The molecule has 3 heteroatoms. The molecule has 0 unspecified atom stereocenters. The molecule has 0 atom stereocenters. The normalized spacial score (nSPS) is 11.2. The molecule has 3 rings (SSSR count). The number of Topliss-reactive ketones (excluding diaryl/α,β-unsaturated/α-hetero) is 1. The molecule has 1 heterocycles. The summed E-state index contributed by atoms with van der Waals surface area (Å²) in [6.07, 6.45) is 1.26. The number of thiophene rings is 1. The highest BCUT2D eigenvalue weighted by Crippen LogP contribution is 2.36. The molecule has 0 aliphatic carbocycles. The summed E-state index contributed by atoms with van der Waals surface area (Å²) in [6.45, 7) is 0. The molecule has 0 fully saturated rings. The van der Waals surface area contributed by atoms with Gasteiger partial charge in [-0.2, -0.15) is 0 Å². The quantitative estimate of drug-likeness (QED) is 0.473. The van der Waals surface area contributed by atoms with E-state index in [1.165, 1.54) is 14.8 Å². The molecule has 0 amide bonds. The van der Waals surface area contributed by atoms with Gasteiger partial charge in [-0.25, -0.2) is 0 Å². The third kappa shape index (κ3) is 2.26. The third-order valence-corrected chi connectivity index (χ3v) is 4.64. The zero-order chi connectivity index (χ0) is 13.2. The van der Waals surface area contributed by atoms with E-state index < -0.39 is 0 Å². The van der Waals surface area contributed by atoms with E-state index in [1.807, 2.05) is 24.3 Å². The largest absolute Gasteiger partial charge is 0.294 e. The summed E-state index contributed by atoms with van der Waals surface area (Å²) in [6, 6.07) is 14.2. The summed E-state index contributed by atoms with van der Waals surface area (Å²) in [4.78, 5) is 12.3. The van der Waals surface area contributed by atoms with Crippen LogP contribution in [-0.4, -0.2) is 11.7 Å². The number of hydrogen-bond acceptors (Lipinski definition) is 2. The third-order valence-electron chi connectivity index (χ3n) is 3.24. The predicted octanol–water partition coefficient (Wildman–Crippen LogP) is 5.26. The number of ketones is 1. The first-order chi connectivity index (χ1) is 9.31. The second-order valence-corrected chi connectivity index (χ2v) is 5.95. The highest BCUT2D eigenvalue weighted by molar-refractivity contribution is 7.25. The van der Waals surface area contributed by atoms with Crippen molar-refractivity contribution in [1.29, 1.82) is 0 Å².